The predicted molar refractivity (Wildman–Crippen MR) is 26.7 cm³/mol. The van der Waals surface area contributed by atoms with Crippen molar-refractivity contribution in [3.8, 4) is 0 Å². The van der Waals surface area contributed by atoms with E-state index in [2.05, 4.69) is 13.8 Å². The summed E-state index contributed by atoms with van der Waals surface area (Å²) >= 11 is 0. The Labute approximate surface area is 51.8 Å². The van der Waals surface area contributed by atoms with Gasteiger partial charge in [-0.3, -0.25) is 0 Å². The van der Waals surface area contributed by atoms with E-state index >= 15 is 0 Å². The zero-order chi connectivity index (χ0) is 3.41. The average Bonchev–Trinajstić information content (AvgIpc) is 1.37. The summed E-state index contributed by atoms with van der Waals surface area (Å²) in [6.07, 6.45) is 2.28. The van der Waals surface area contributed by atoms with E-state index in [0.29, 0.717) is 0 Å². The van der Waals surface area contributed by atoms with Gasteiger partial charge in [-0.15, -0.1) is 0 Å². The minimum Gasteiger partial charge on any atom is -0.358 e. The Balaban J connectivity index is -0.0000000450. The summed E-state index contributed by atoms with van der Waals surface area (Å²) in [7, 11) is 0. The van der Waals surface area contributed by atoms with Gasteiger partial charge in [0.05, 0.1) is 0 Å². The van der Waals surface area contributed by atoms with Crippen LogP contribution < -0.4 is 0 Å². The van der Waals surface area contributed by atoms with Crippen molar-refractivity contribution < 1.29 is 17.1 Å². The molecular formula is C5H12Cu. The Bertz CT molecular complexity index is 5.90. The van der Waals surface area contributed by atoms with E-state index in [1.54, 1.807) is 0 Å². The summed E-state index contributed by atoms with van der Waals surface area (Å²) in [5.74, 6) is 0. The molecule has 0 aromatic carbocycles. The van der Waals surface area contributed by atoms with Crippen LogP contribution >= 0.6 is 0 Å². The van der Waals surface area contributed by atoms with Crippen LogP contribution in [-0.2, 0) is 17.1 Å². The van der Waals surface area contributed by atoms with Crippen LogP contribution in [0.3, 0.4) is 0 Å². The van der Waals surface area contributed by atoms with Gasteiger partial charge in [-0.1, -0.05) is 13.3 Å². The Hall–Kier alpha value is 0.519. The first-order chi connectivity index (χ1) is 1.91. The van der Waals surface area contributed by atoms with Gasteiger partial charge in [0, 0.05) is 0 Å². The minimum atomic E-state index is 0. The molecule has 0 saturated heterocycles. The summed E-state index contributed by atoms with van der Waals surface area (Å²) in [6, 6.07) is 0. The number of rotatable bonds is 1. The molecular weight excluding hydrogens is 124 g/mol. The zero-order valence-corrected chi connectivity index (χ0v) is 5.36. The Morgan fingerprint density at radius 3 is 1.67 bits per heavy atom. The second kappa shape index (κ2) is 17.8. The van der Waals surface area contributed by atoms with E-state index in [0.717, 1.165) is 6.42 Å². The van der Waals surface area contributed by atoms with E-state index in [4.69, 9.17) is 0 Å². The van der Waals surface area contributed by atoms with Crippen LogP contribution in [0.1, 0.15) is 19.8 Å². The molecule has 0 aliphatic carbocycles. The summed E-state index contributed by atoms with van der Waals surface area (Å²) in [5, 5.41) is 0. The van der Waals surface area contributed by atoms with Crippen LogP contribution in [-0.4, -0.2) is 0 Å². The summed E-state index contributed by atoms with van der Waals surface area (Å²) in [6.45, 7) is 5.72. The molecule has 0 aliphatic rings. The third kappa shape index (κ3) is 24.2. The molecule has 0 atom stereocenters. The maximum absolute atomic E-state index is 3.60. The number of unbranched alkanes of at least 4 members (excludes halogenated alkanes) is 1. The molecule has 1 heteroatoms. The van der Waals surface area contributed by atoms with E-state index in [9.17, 15) is 0 Å². The Morgan fingerprint density at radius 1 is 1.50 bits per heavy atom. The van der Waals surface area contributed by atoms with Crippen LogP contribution in [0.15, 0.2) is 0 Å². The molecule has 0 unspecified atom stereocenters. The van der Waals surface area contributed by atoms with Gasteiger partial charge in [0.2, 0.25) is 0 Å². The summed E-state index contributed by atoms with van der Waals surface area (Å²) in [5.41, 5.74) is 0. The molecule has 0 aromatic rings. The second-order valence-corrected chi connectivity index (χ2v) is 0.854. The van der Waals surface area contributed by atoms with Gasteiger partial charge in [-0.2, -0.15) is 6.42 Å². The van der Waals surface area contributed by atoms with Crippen LogP contribution in [0.4, 0.5) is 0 Å². The monoisotopic (exact) mass is 135 g/mol. The quantitative estimate of drug-likeness (QED) is 0.382. The first-order valence-corrected chi connectivity index (χ1v) is 1.71. The third-order valence-corrected chi connectivity index (χ3v) is 0.354. The second-order valence-electron chi connectivity index (χ2n) is 0.854. The van der Waals surface area contributed by atoms with E-state index in [-0.39, 0.29) is 24.5 Å². The fourth-order valence-electron chi connectivity index (χ4n) is 0. The molecule has 0 N–H and O–H groups in total. The first-order valence-electron chi connectivity index (χ1n) is 1.71. The minimum absolute atomic E-state index is 0. The van der Waals surface area contributed by atoms with Crippen molar-refractivity contribution in [2.45, 2.75) is 19.8 Å². The van der Waals surface area contributed by atoms with E-state index in [1.165, 1.54) is 6.42 Å². The number of hydrogen-bond acceptors (Lipinski definition) is 0. The van der Waals surface area contributed by atoms with Crippen molar-refractivity contribution in [2.75, 3.05) is 0 Å². The van der Waals surface area contributed by atoms with E-state index < -0.39 is 0 Å². The Kier molecular flexibility index (Phi) is 47.5. The fourth-order valence-corrected chi connectivity index (χ4v) is 0. The van der Waals surface area contributed by atoms with Gasteiger partial charge in [0.25, 0.3) is 0 Å². The standard InChI is InChI=1S/C4H9.CH3.Cu/c1-3-4-2;;/h1,3-4H2,2H3;1H3;/q2*-1;+2. The van der Waals surface area contributed by atoms with Gasteiger partial charge in [0.1, 0.15) is 0 Å². The summed E-state index contributed by atoms with van der Waals surface area (Å²) in [4.78, 5) is 0. The molecule has 0 bridgehead atoms. The fraction of sp³-hybridized carbons (Fsp3) is 0.600. The molecule has 0 aliphatic heterocycles. The van der Waals surface area contributed by atoms with Crippen LogP contribution in [0, 0.1) is 14.4 Å². The number of hydrogen-bond donors (Lipinski definition) is 0. The van der Waals surface area contributed by atoms with Crippen molar-refractivity contribution in [2.24, 2.45) is 0 Å². The van der Waals surface area contributed by atoms with Gasteiger partial charge in [-0.05, 0) is 0 Å². The van der Waals surface area contributed by atoms with Gasteiger partial charge in [-0.25, -0.2) is 0 Å². The summed E-state index contributed by atoms with van der Waals surface area (Å²) < 4.78 is 0. The maximum Gasteiger partial charge on any atom is 2.00 e. The molecule has 0 rings (SSSR count). The smallest absolute Gasteiger partial charge is 0.358 e. The van der Waals surface area contributed by atoms with E-state index in [1.807, 2.05) is 0 Å². The van der Waals surface area contributed by atoms with Gasteiger partial charge >= 0.3 is 17.1 Å². The molecule has 0 aromatic heterocycles. The molecule has 1 radical (unpaired) electrons. The normalized spacial score (nSPS) is 5.00. The van der Waals surface area contributed by atoms with Crippen LogP contribution in [0.2, 0.25) is 0 Å². The van der Waals surface area contributed by atoms with Crippen molar-refractivity contribution >= 4 is 0 Å². The molecule has 0 nitrogen and oxygen atoms in total. The van der Waals surface area contributed by atoms with Crippen LogP contribution in [0.25, 0.3) is 0 Å². The predicted octanol–water partition coefficient (Wildman–Crippen LogP) is 2.07. The molecule has 0 spiro atoms. The van der Waals surface area contributed by atoms with Crippen molar-refractivity contribution in [1.29, 1.82) is 0 Å². The molecule has 6 heavy (non-hydrogen) atoms. The molecule has 0 fully saturated rings. The molecule has 0 heterocycles. The largest absolute Gasteiger partial charge is 2.00 e. The van der Waals surface area contributed by atoms with Gasteiger partial charge in [0.15, 0.2) is 0 Å². The Morgan fingerprint density at radius 2 is 1.67 bits per heavy atom. The molecule has 43 valence electrons. The van der Waals surface area contributed by atoms with Gasteiger partial charge < -0.3 is 14.4 Å². The zero-order valence-electron chi connectivity index (χ0n) is 4.42. The maximum atomic E-state index is 3.60. The van der Waals surface area contributed by atoms with Crippen molar-refractivity contribution in [1.82, 2.24) is 0 Å². The average molecular weight is 136 g/mol. The SMILES string of the molecule is [CH2-]CCC.[CH3-].[Cu+2]. The topological polar surface area (TPSA) is 0 Å². The van der Waals surface area contributed by atoms with Crippen molar-refractivity contribution in [3.63, 3.8) is 0 Å². The molecule has 0 saturated carbocycles. The molecule has 0 amide bonds. The van der Waals surface area contributed by atoms with Crippen LogP contribution in [0.5, 0.6) is 0 Å². The third-order valence-electron chi connectivity index (χ3n) is 0.354. The first kappa shape index (κ1) is 16.0. The van der Waals surface area contributed by atoms with Crippen molar-refractivity contribution in [3.05, 3.63) is 14.4 Å².